The van der Waals surface area contributed by atoms with Gasteiger partial charge in [0.2, 0.25) is 0 Å². The number of rotatable bonds is 2. The summed E-state index contributed by atoms with van der Waals surface area (Å²) < 4.78 is 0. The quantitative estimate of drug-likeness (QED) is 0.828. The minimum atomic E-state index is -0.156. The van der Waals surface area contributed by atoms with Crippen molar-refractivity contribution in [2.24, 2.45) is 5.73 Å². The van der Waals surface area contributed by atoms with Gasteiger partial charge in [-0.1, -0.05) is 17.7 Å². The van der Waals surface area contributed by atoms with E-state index in [4.69, 9.17) is 17.3 Å². The van der Waals surface area contributed by atoms with Crippen molar-refractivity contribution in [3.63, 3.8) is 0 Å². The van der Waals surface area contributed by atoms with Gasteiger partial charge in [-0.2, -0.15) is 0 Å². The summed E-state index contributed by atoms with van der Waals surface area (Å²) in [6.07, 6.45) is 1.48. The van der Waals surface area contributed by atoms with Gasteiger partial charge >= 0.3 is 0 Å². The maximum absolute atomic E-state index is 9.48. The van der Waals surface area contributed by atoms with Crippen LogP contribution in [0.15, 0.2) is 18.2 Å². The average molecular weight is 241 g/mol. The van der Waals surface area contributed by atoms with Crippen LogP contribution < -0.4 is 10.6 Å². The molecule has 0 unspecified atom stereocenters. The second kappa shape index (κ2) is 5.04. The zero-order valence-corrected chi connectivity index (χ0v) is 9.95. The zero-order valence-electron chi connectivity index (χ0n) is 9.19. The third-order valence-corrected chi connectivity index (χ3v) is 3.31. The highest BCUT2D eigenvalue weighted by atomic mass is 35.5. The molecule has 0 atom stereocenters. The maximum Gasteiger partial charge on any atom is 0.0574 e. The van der Waals surface area contributed by atoms with E-state index >= 15 is 0 Å². The molecule has 3 N–H and O–H groups in total. The van der Waals surface area contributed by atoms with E-state index in [1.165, 1.54) is 0 Å². The summed E-state index contributed by atoms with van der Waals surface area (Å²) in [6.45, 7) is 2.26. The van der Waals surface area contributed by atoms with Crippen molar-refractivity contribution in [3.8, 4) is 0 Å². The molecule has 1 aromatic rings. The van der Waals surface area contributed by atoms with Gasteiger partial charge in [0.05, 0.1) is 6.10 Å². The first kappa shape index (κ1) is 11.7. The van der Waals surface area contributed by atoms with Crippen LogP contribution in [0, 0.1) is 0 Å². The summed E-state index contributed by atoms with van der Waals surface area (Å²) in [5.74, 6) is 0. The van der Waals surface area contributed by atoms with Gasteiger partial charge in [-0.25, -0.2) is 0 Å². The van der Waals surface area contributed by atoms with Crippen molar-refractivity contribution < 1.29 is 5.11 Å². The minimum absolute atomic E-state index is 0.156. The number of hydrogen-bond donors (Lipinski definition) is 2. The van der Waals surface area contributed by atoms with Crippen molar-refractivity contribution in [1.82, 2.24) is 0 Å². The van der Waals surface area contributed by atoms with Crippen molar-refractivity contribution in [1.29, 1.82) is 0 Å². The third-order valence-electron chi connectivity index (χ3n) is 3.07. The molecule has 2 rings (SSSR count). The number of aliphatic hydroxyl groups is 1. The average Bonchev–Trinajstić information content (AvgIpc) is 2.30. The molecule has 0 aromatic heterocycles. The second-order valence-electron chi connectivity index (χ2n) is 4.20. The number of nitrogens with two attached hydrogens (primary N) is 1. The van der Waals surface area contributed by atoms with Gasteiger partial charge in [0, 0.05) is 30.3 Å². The molecule has 4 heteroatoms. The zero-order chi connectivity index (χ0) is 11.5. The predicted octanol–water partition coefficient (Wildman–Crippen LogP) is 1.76. The Balaban J connectivity index is 2.21. The maximum atomic E-state index is 9.48. The normalized spacial score (nSPS) is 17.8. The summed E-state index contributed by atoms with van der Waals surface area (Å²) in [7, 11) is 0. The number of piperidine rings is 1. The van der Waals surface area contributed by atoms with Gasteiger partial charge in [0.1, 0.15) is 0 Å². The van der Waals surface area contributed by atoms with Gasteiger partial charge in [0.25, 0.3) is 0 Å². The second-order valence-corrected chi connectivity index (χ2v) is 4.63. The van der Waals surface area contributed by atoms with E-state index in [-0.39, 0.29) is 6.10 Å². The van der Waals surface area contributed by atoms with Crippen LogP contribution in [0.25, 0.3) is 0 Å². The summed E-state index contributed by atoms with van der Waals surface area (Å²) in [4.78, 5) is 2.25. The molecular formula is C12H17ClN2O. The Morgan fingerprint density at radius 2 is 2.06 bits per heavy atom. The fourth-order valence-corrected chi connectivity index (χ4v) is 2.28. The van der Waals surface area contributed by atoms with E-state index in [2.05, 4.69) is 4.90 Å². The molecule has 1 heterocycles. The highest BCUT2D eigenvalue weighted by Gasteiger charge is 2.19. The molecule has 3 nitrogen and oxygen atoms in total. The van der Waals surface area contributed by atoms with Gasteiger partial charge in [-0.3, -0.25) is 0 Å². The smallest absolute Gasteiger partial charge is 0.0574 e. The third kappa shape index (κ3) is 2.48. The number of nitrogens with zero attached hydrogens (tertiary/aromatic N) is 1. The lowest BCUT2D eigenvalue weighted by Crippen LogP contribution is -2.36. The van der Waals surface area contributed by atoms with Crippen LogP contribution in [-0.4, -0.2) is 24.3 Å². The standard InChI is InChI=1S/C12H17ClN2O/c13-10-2-1-9(8-14)12(7-10)15-5-3-11(16)4-6-15/h1-2,7,11,16H,3-6,8,14H2. The lowest BCUT2D eigenvalue weighted by Gasteiger charge is -2.32. The molecule has 0 bridgehead atoms. The number of benzene rings is 1. The van der Waals surface area contributed by atoms with Crippen molar-refractivity contribution in [2.45, 2.75) is 25.5 Å². The van der Waals surface area contributed by atoms with Crippen molar-refractivity contribution >= 4 is 17.3 Å². The van der Waals surface area contributed by atoms with Crippen LogP contribution >= 0.6 is 11.6 Å². The lowest BCUT2D eigenvalue weighted by atomic mass is 10.1. The van der Waals surface area contributed by atoms with E-state index in [1.54, 1.807) is 0 Å². The Bertz CT molecular complexity index is 362. The number of anilines is 1. The molecule has 0 saturated carbocycles. The first-order chi connectivity index (χ1) is 7.70. The summed E-state index contributed by atoms with van der Waals surface area (Å²) >= 11 is 6.00. The molecule has 1 aromatic carbocycles. The van der Waals surface area contributed by atoms with E-state index < -0.39 is 0 Å². The SMILES string of the molecule is NCc1ccc(Cl)cc1N1CCC(O)CC1. The van der Waals surface area contributed by atoms with Crippen LogP contribution in [0.1, 0.15) is 18.4 Å². The fraction of sp³-hybridized carbons (Fsp3) is 0.500. The monoisotopic (exact) mass is 240 g/mol. The molecule has 0 aliphatic carbocycles. The Kier molecular flexibility index (Phi) is 3.69. The Morgan fingerprint density at radius 1 is 1.38 bits per heavy atom. The van der Waals surface area contributed by atoms with Crippen LogP contribution in [-0.2, 0) is 6.54 Å². The number of halogens is 1. The first-order valence-corrected chi connectivity index (χ1v) is 6.00. The minimum Gasteiger partial charge on any atom is -0.393 e. The summed E-state index contributed by atoms with van der Waals surface area (Å²) in [5.41, 5.74) is 7.94. The summed E-state index contributed by atoms with van der Waals surface area (Å²) in [5, 5.41) is 10.2. The topological polar surface area (TPSA) is 49.5 Å². The fourth-order valence-electron chi connectivity index (χ4n) is 2.11. The summed E-state index contributed by atoms with van der Waals surface area (Å²) in [6, 6.07) is 5.80. The van der Waals surface area contributed by atoms with E-state index in [9.17, 15) is 5.11 Å². The predicted molar refractivity (Wildman–Crippen MR) is 66.8 cm³/mol. The molecule has 0 amide bonds. The van der Waals surface area contributed by atoms with Crippen LogP contribution in [0.3, 0.4) is 0 Å². The Labute approximate surface area is 101 Å². The van der Waals surface area contributed by atoms with Crippen molar-refractivity contribution in [3.05, 3.63) is 28.8 Å². The van der Waals surface area contributed by atoms with Crippen LogP contribution in [0.5, 0.6) is 0 Å². The number of aliphatic hydroxyl groups excluding tert-OH is 1. The Hall–Kier alpha value is -0.770. The molecule has 88 valence electrons. The van der Waals surface area contributed by atoms with E-state index in [1.807, 2.05) is 18.2 Å². The Morgan fingerprint density at radius 3 is 2.69 bits per heavy atom. The van der Waals surface area contributed by atoms with E-state index in [0.29, 0.717) is 6.54 Å². The molecular weight excluding hydrogens is 224 g/mol. The van der Waals surface area contributed by atoms with Crippen LogP contribution in [0.2, 0.25) is 5.02 Å². The van der Waals surface area contributed by atoms with Gasteiger partial charge < -0.3 is 15.7 Å². The van der Waals surface area contributed by atoms with Gasteiger partial charge in [0.15, 0.2) is 0 Å². The van der Waals surface area contributed by atoms with E-state index in [0.717, 1.165) is 42.2 Å². The first-order valence-electron chi connectivity index (χ1n) is 5.62. The molecule has 1 saturated heterocycles. The molecule has 0 spiro atoms. The lowest BCUT2D eigenvalue weighted by molar-refractivity contribution is 0.145. The van der Waals surface area contributed by atoms with Crippen molar-refractivity contribution in [2.75, 3.05) is 18.0 Å². The van der Waals surface area contributed by atoms with Gasteiger partial charge in [-0.15, -0.1) is 0 Å². The number of hydrogen-bond acceptors (Lipinski definition) is 3. The molecule has 16 heavy (non-hydrogen) atoms. The highest BCUT2D eigenvalue weighted by Crippen LogP contribution is 2.27. The molecule has 1 aliphatic rings. The largest absolute Gasteiger partial charge is 0.393 e. The molecule has 1 aliphatic heterocycles. The highest BCUT2D eigenvalue weighted by molar-refractivity contribution is 6.30. The molecule has 1 fully saturated rings. The molecule has 0 radical (unpaired) electrons. The van der Waals surface area contributed by atoms with Gasteiger partial charge in [-0.05, 0) is 30.5 Å². The van der Waals surface area contributed by atoms with Crippen LogP contribution in [0.4, 0.5) is 5.69 Å².